The Labute approximate surface area is 201 Å². The van der Waals surface area contributed by atoms with Gasteiger partial charge in [0.05, 0.1) is 11.5 Å². The molecule has 3 heteroatoms. The van der Waals surface area contributed by atoms with E-state index in [4.69, 9.17) is 0 Å². The van der Waals surface area contributed by atoms with Crippen molar-refractivity contribution in [2.45, 2.75) is 112 Å². The van der Waals surface area contributed by atoms with Crippen LogP contribution in [0.1, 0.15) is 106 Å². The second-order valence-electron chi connectivity index (χ2n) is 14.5. The first-order valence-electron chi connectivity index (χ1n) is 13.8. The van der Waals surface area contributed by atoms with Gasteiger partial charge in [-0.2, -0.15) is 0 Å². The van der Waals surface area contributed by atoms with E-state index in [1.807, 2.05) is 0 Å². The molecule has 10 atom stereocenters. The monoisotopic (exact) mass is 456 g/mol. The van der Waals surface area contributed by atoms with Gasteiger partial charge in [-0.1, -0.05) is 46.8 Å². The van der Waals surface area contributed by atoms with E-state index in [1.54, 1.807) is 0 Å². The first-order valence-corrected chi connectivity index (χ1v) is 13.8. The molecule has 0 aromatic heterocycles. The van der Waals surface area contributed by atoms with Crippen LogP contribution in [0, 0.1) is 56.7 Å². The predicted molar refractivity (Wildman–Crippen MR) is 133 cm³/mol. The van der Waals surface area contributed by atoms with E-state index in [0.29, 0.717) is 23.7 Å². The molecule has 5 aliphatic carbocycles. The number of rotatable bonds is 2. The standard InChI is InChI=1S/C30H48O3/c1-18(2)19-10-15-30(25(32)33)17-16-28(6)20(24(19)30)8-9-22-27(5)13-12-23(31)26(3,4)21(27)11-14-29(22,28)7/h19-24,31H,1,8-17H2,2-7H3,(H,32,33)/t19?,20-,21+,22-,23?,24?,27+,28-,29-,30?/m1/s1. The summed E-state index contributed by atoms with van der Waals surface area (Å²) in [5, 5.41) is 21.4. The number of allylic oxidation sites excluding steroid dienone is 1. The van der Waals surface area contributed by atoms with Crippen LogP contribution in [0.15, 0.2) is 12.2 Å². The predicted octanol–water partition coefficient (Wildman–Crippen LogP) is 7.09. The molecular weight excluding hydrogens is 408 g/mol. The molecule has 0 amide bonds. The van der Waals surface area contributed by atoms with Crippen molar-refractivity contribution in [3.8, 4) is 0 Å². The highest BCUT2D eigenvalue weighted by molar-refractivity contribution is 5.76. The highest BCUT2D eigenvalue weighted by Crippen LogP contribution is 2.77. The van der Waals surface area contributed by atoms with Gasteiger partial charge < -0.3 is 10.2 Å². The van der Waals surface area contributed by atoms with Crippen molar-refractivity contribution in [1.82, 2.24) is 0 Å². The number of aliphatic carboxylic acids is 1. The van der Waals surface area contributed by atoms with E-state index in [0.717, 1.165) is 38.5 Å². The van der Waals surface area contributed by atoms with E-state index < -0.39 is 11.4 Å². The van der Waals surface area contributed by atoms with Gasteiger partial charge >= 0.3 is 5.97 Å². The maximum atomic E-state index is 12.8. The van der Waals surface area contributed by atoms with Gasteiger partial charge in [0, 0.05) is 0 Å². The Kier molecular flexibility index (Phi) is 5.15. The molecule has 0 saturated heterocycles. The molecule has 5 saturated carbocycles. The fourth-order valence-electron chi connectivity index (χ4n) is 11.5. The Morgan fingerprint density at radius 1 is 0.818 bits per heavy atom. The topological polar surface area (TPSA) is 57.5 Å². The molecule has 5 aliphatic rings. The van der Waals surface area contributed by atoms with Gasteiger partial charge in [0.1, 0.15) is 0 Å². The average Bonchev–Trinajstić information content (AvgIpc) is 3.13. The lowest BCUT2D eigenvalue weighted by Gasteiger charge is -2.72. The van der Waals surface area contributed by atoms with Crippen LogP contribution in [-0.2, 0) is 4.79 Å². The fourth-order valence-corrected chi connectivity index (χ4v) is 11.5. The molecule has 0 aromatic carbocycles. The van der Waals surface area contributed by atoms with Crippen LogP contribution in [0.25, 0.3) is 0 Å². The number of carboxylic acids is 1. The average molecular weight is 457 g/mol. The van der Waals surface area contributed by atoms with Crippen LogP contribution >= 0.6 is 0 Å². The van der Waals surface area contributed by atoms with Crippen LogP contribution in [0.4, 0.5) is 0 Å². The van der Waals surface area contributed by atoms with Gasteiger partial charge in [-0.05, 0) is 122 Å². The Morgan fingerprint density at radius 3 is 2.15 bits per heavy atom. The normalized spacial score (nSPS) is 55.0. The second-order valence-corrected chi connectivity index (χ2v) is 14.5. The third-order valence-electron chi connectivity index (χ3n) is 13.5. The summed E-state index contributed by atoms with van der Waals surface area (Å²) >= 11 is 0. The summed E-state index contributed by atoms with van der Waals surface area (Å²) in [7, 11) is 0. The zero-order chi connectivity index (χ0) is 24.2. The quantitative estimate of drug-likeness (QED) is 0.436. The summed E-state index contributed by atoms with van der Waals surface area (Å²) < 4.78 is 0. The molecule has 3 nitrogen and oxygen atoms in total. The maximum Gasteiger partial charge on any atom is 0.309 e. The molecule has 5 fully saturated rings. The van der Waals surface area contributed by atoms with Crippen LogP contribution < -0.4 is 0 Å². The van der Waals surface area contributed by atoms with E-state index >= 15 is 0 Å². The van der Waals surface area contributed by atoms with Crippen LogP contribution in [0.2, 0.25) is 0 Å². The lowest BCUT2D eigenvalue weighted by Crippen LogP contribution is -2.67. The van der Waals surface area contributed by atoms with Crippen molar-refractivity contribution < 1.29 is 15.0 Å². The van der Waals surface area contributed by atoms with E-state index in [-0.39, 0.29) is 33.7 Å². The van der Waals surface area contributed by atoms with Gasteiger partial charge in [0.15, 0.2) is 0 Å². The number of fused-ring (bicyclic) bond motifs is 7. The number of hydrogen-bond acceptors (Lipinski definition) is 2. The molecule has 0 spiro atoms. The highest BCUT2D eigenvalue weighted by atomic mass is 16.4. The molecule has 0 radical (unpaired) electrons. The zero-order valence-corrected chi connectivity index (χ0v) is 22.0. The van der Waals surface area contributed by atoms with Crippen LogP contribution in [0.5, 0.6) is 0 Å². The zero-order valence-electron chi connectivity index (χ0n) is 22.0. The fraction of sp³-hybridized carbons (Fsp3) is 0.900. The van der Waals surface area contributed by atoms with Crippen molar-refractivity contribution in [2.75, 3.05) is 0 Å². The molecular formula is C30H48O3. The van der Waals surface area contributed by atoms with E-state index in [9.17, 15) is 15.0 Å². The summed E-state index contributed by atoms with van der Waals surface area (Å²) in [5.41, 5.74) is 1.35. The SMILES string of the molecule is C=C(C)C1CCC2(C(=O)O)CC[C@]3(C)[C@H](CC[C@@H]4[C@@]5(C)CCC(O)C(C)(C)[C@@H]5CC[C@]43C)C12. The Hall–Kier alpha value is -0.830. The van der Waals surface area contributed by atoms with Gasteiger partial charge in [-0.25, -0.2) is 0 Å². The van der Waals surface area contributed by atoms with Gasteiger partial charge in [-0.3, -0.25) is 4.79 Å². The minimum Gasteiger partial charge on any atom is -0.481 e. The van der Waals surface area contributed by atoms with Crippen molar-refractivity contribution in [3.63, 3.8) is 0 Å². The third kappa shape index (κ3) is 2.75. The molecule has 2 N–H and O–H groups in total. The van der Waals surface area contributed by atoms with E-state index in [2.05, 4.69) is 48.1 Å². The Morgan fingerprint density at radius 2 is 1.52 bits per heavy atom. The van der Waals surface area contributed by atoms with Gasteiger partial charge in [0.25, 0.3) is 0 Å². The second kappa shape index (κ2) is 7.11. The Balaban J connectivity index is 1.57. The first-order chi connectivity index (χ1) is 15.3. The lowest BCUT2D eigenvalue weighted by atomic mass is 9.32. The van der Waals surface area contributed by atoms with Crippen molar-refractivity contribution >= 4 is 5.97 Å². The minimum absolute atomic E-state index is 0.0202. The molecule has 0 aliphatic heterocycles. The lowest BCUT2D eigenvalue weighted by molar-refractivity contribution is -0.248. The number of carboxylic acid groups (broad SMARTS) is 1. The Bertz CT molecular complexity index is 861. The summed E-state index contributed by atoms with van der Waals surface area (Å²) in [6, 6.07) is 0. The number of carbonyl (C=O) groups is 1. The number of hydrogen-bond donors (Lipinski definition) is 2. The first kappa shape index (κ1) is 23.9. The summed E-state index contributed by atoms with van der Waals surface area (Å²) in [5.74, 6) is 1.79. The summed E-state index contributed by atoms with van der Waals surface area (Å²) in [6.45, 7) is 18.8. The minimum atomic E-state index is -0.538. The van der Waals surface area contributed by atoms with Crippen molar-refractivity contribution in [1.29, 1.82) is 0 Å². The number of aliphatic hydroxyl groups excluding tert-OH is 1. The van der Waals surface area contributed by atoms with Crippen molar-refractivity contribution in [2.24, 2.45) is 56.7 Å². The van der Waals surface area contributed by atoms with Crippen molar-refractivity contribution in [3.05, 3.63) is 12.2 Å². The van der Waals surface area contributed by atoms with Gasteiger partial charge in [-0.15, -0.1) is 0 Å². The molecule has 0 aromatic rings. The third-order valence-corrected chi connectivity index (χ3v) is 13.5. The number of aliphatic hydroxyl groups is 1. The molecule has 0 bridgehead atoms. The molecule has 0 heterocycles. The van der Waals surface area contributed by atoms with E-state index in [1.165, 1.54) is 31.3 Å². The molecule has 4 unspecified atom stereocenters. The smallest absolute Gasteiger partial charge is 0.309 e. The summed E-state index contributed by atoms with van der Waals surface area (Å²) in [4.78, 5) is 12.8. The molecule has 5 rings (SSSR count). The molecule has 33 heavy (non-hydrogen) atoms. The van der Waals surface area contributed by atoms with Gasteiger partial charge in [0.2, 0.25) is 0 Å². The van der Waals surface area contributed by atoms with Crippen LogP contribution in [-0.4, -0.2) is 22.3 Å². The molecule has 186 valence electrons. The largest absolute Gasteiger partial charge is 0.481 e. The maximum absolute atomic E-state index is 12.8. The summed E-state index contributed by atoms with van der Waals surface area (Å²) in [6.07, 6.45) is 10.5. The van der Waals surface area contributed by atoms with Crippen LogP contribution in [0.3, 0.4) is 0 Å². The highest BCUT2D eigenvalue weighted by Gasteiger charge is 2.71.